The van der Waals surface area contributed by atoms with Gasteiger partial charge in [-0.15, -0.1) is 11.6 Å². The Labute approximate surface area is 197 Å². The number of alkyl halides is 1. The number of carbonyl (C=O) groups is 2. The Hall–Kier alpha value is -2.49. The van der Waals surface area contributed by atoms with Gasteiger partial charge in [-0.1, -0.05) is 60.7 Å². The molecule has 2 heterocycles. The number of benzene rings is 2. The number of fused-ring (bicyclic) bond motifs is 1. The van der Waals surface area contributed by atoms with Crippen molar-refractivity contribution in [2.45, 2.75) is 50.5 Å². The lowest BCUT2D eigenvalue weighted by Crippen LogP contribution is -2.67. The van der Waals surface area contributed by atoms with Crippen molar-refractivity contribution < 1.29 is 33.3 Å². The van der Waals surface area contributed by atoms with Gasteiger partial charge >= 0.3 is 5.97 Å². The number of amides is 1. The first kappa shape index (κ1) is 23.7. The maximum Gasteiger partial charge on any atom is 0.321 e. The molecule has 1 N–H and O–H groups in total. The minimum Gasteiger partial charge on any atom is -0.456 e. The largest absolute Gasteiger partial charge is 0.456 e. The van der Waals surface area contributed by atoms with E-state index in [0.717, 1.165) is 11.1 Å². The highest BCUT2D eigenvalue weighted by Gasteiger charge is 2.52. The molecule has 2 saturated heterocycles. The van der Waals surface area contributed by atoms with Gasteiger partial charge in [0.15, 0.2) is 18.7 Å². The topological polar surface area (TPSA) is 92.3 Å². The smallest absolute Gasteiger partial charge is 0.321 e. The molecular weight excluding hydrogens is 450 g/mol. The molecule has 0 unspecified atom stereocenters. The Morgan fingerprint density at radius 3 is 2.42 bits per heavy atom. The molecule has 2 aromatic carbocycles. The second-order valence-corrected chi connectivity index (χ2v) is 8.10. The maximum absolute atomic E-state index is 12.2. The summed E-state index contributed by atoms with van der Waals surface area (Å²) in [6.07, 6.45) is -3.75. The molecule has 33 heavy (non-hydrogen) atoms. The van der Waals surface area contributed by atoms with E-state index in [1.54, 1.807) is 0 Å². The fourth-order valence-electron chi connectivity index (χ4n) is 3.96. The van der Waals surface area contributed by atoms with Gasteiger partial charge in [0, 0.05) is 12.5 Å². The maximum atomic E-state index is 12.2. The molecule has 0 aliphatic carbocycles. The van der Waals surface area contributed by atoms with E-state index in [0.29, 0.717) is 0 Å². The van der Waals surface area contributed by atoms with E-state index < -0.39 is 42.9 Å². The van der Waals surface area contributed by atoms with Crippen LogP contribution in [0.5, 0.6) is 0 Å². The zero-order chi connectivity index (χ0) is 23.2. The molecule has 9 heteroatoms. The van der Waals surface area contributed by atoms with E-state index in [2.05, 4.69) is 5.32 Å². The quantitative estimate of drug-likeness (QED) is 0.486. The van der Waals surface area contributed by atoms with Crippen LogP contribution in [0.3, 0.4) is 0 Å². The number of esters is 1. The lowest BCUT2D eigenvalue weighted by atomic mass is 9.95. The first-order chi connectivity index (χ1) is 16.0. The summed E-state index contributed by atoms with van der Waals surface area (Å²) in [5.41, 5.74) is 1.75. The summed E-state index contributed by atoms with van der Waals surface area (Å²) in [5, 5.41) is 2.81. The predicted molar refractivity (Wildman–Crippen MR) is 118 cm³/mol. The molecule has 0 aromatic heterocycles. The van der Waals surface area contributed by atoms with E-state index in [4.69, 9.17) is 35.3 Å². The van der Waals surface area contributed by atoms with Crippen LogP contribution in [0.1, 0.15) is 24.3 Å². The molecule has 0 bridgehead atoms. The average Bonchev–Trinajstić information content (AvgIpc) is 2.84. The van der Waals surface area contributed by atoms with Crippen molar-refractivity contribution in [2.75, 3.05) is 12.5 Å². The Balaban J connectivity index is 1.58. The van der Waals surface area contributed by atoms with Gasteiger partial charge in [0.25, 0.3) is 0 Å². The van der Waals surface area contributed by atoms with Crippen molar-refractivity contribution in [1.82, 2.24) is 5.32 Å². The molecule has 2 aliphatic rings. The first-order valence-electron chi connectivity index (χ1n) is 10.7. The summed E-state index contributed by atoms with van der Waals surface area (Å²) in [4.78, 5) is 24.2. The van der Waals surface area contributed by atoms with Gasteiger partial charge in [-0.05, 0) is 5.56 Å². The van der Waals surface area contributed by atoms with E-state index in [1.807, 2.05) is 60.7 Å². The SMILES string of the molecule is CC(=O)N[C@@H]1[C@H](OCc2ccccc2)O[C@@H]2CO[C@H](c3ccccc3)O[C@H]2[C@@H]1OC(=O)CCl. The lowest BCUT2D eigenvalue weighted by molar-refractivity contribution is -0.346. The molecule has 2 fully saturated rings. The minimum atomic E-state index is -0.899. The van der Waals surface area contributed by atoms with E-state index in [1.165, 1.54) is 6.92 Å². The predicted octanol–water partition coefficient (Wildman–Crippen LogP) is 2.70. The Bertz CT molecular complexity index is 929. The van der Waals surface area contributed by atoms with Crippen molar-refractivity contribution in [3.05, 3.63) is 71.8 Å². The van der Waals surface area contributed by atoms with Crippen LogP contribution in [-0.4, -0.2) is 55.0 Å². The van der Waals surface area contributed by atoms with Crippen molar-refractivity contribution in [2.24, 2.45) is 0 Å². The zero-order valence-electron chi connectivity index (χ0n) is 18.1. The summed E-state index contributed by atoms with van der Waals surface area (Å²) in [5.74, 6) is -1.30. The molecule has 1 amide bonds. The van der Waals surface area contributed by atoms with Crippen LogP contribution in [0, 0.1) is 0 Å². The van der Waals surface area contributed by atoms with Crippen LogP contribution >= 0.6 is 11.6 Å². The third-order valence-electron chi connectivity index (χ3n) is 5.41. The normalized spacial score (nSPS) is 29.0. The molecule has 2 aliphatic heterocycles. The molecule has 6 atom stereocenters. The van der Waals surface area contributed by atoms with Gasteiger partial charge in [0.2, 0.25) is 5.91 Å². The molecule has 0 radical (unpaired) electrons. The number of halogens is 1. The monoisotopic (exact) mass is 475 g/mol. The summed E-state index contributed by atoms with van der Waals surface area (Å²) in [7, 11) is 0. The number of rotatable bonds is 7. The van der Waals surface area contributed by atoms with Crippen molar-refractivity contribution in [3.8, 4) is 0 Å². The third kappa shape index (κ3) is 5.90. The van der Waals surface area contributed by atoms with E-state index in [9.17, 15) is 9.59 Å². The Kier molecular flexibility index (Phi) is 7.95. The third-order valence-corrected chi connectivity index (χ3v) is 5.63. The second kappa shape index (κ2) is 11.1. The molecule has 0 saturated carbocycles. The van der Waals surface area contributed by atoms with Gasteiger partial charge in [-0.3, -0.25) is 9.59 Å². The second-order valence-electron chi connectivity index (χ2n) is 7.83. The van der Waals surface area contributed by atoms with Crippen LogP contribution < -0.4 is 5.32 Å². The van der Waals surface area contributed by atoms with Gasteiger partial charge in [0.1, 0.15) is 24.1 Å². The summed E-state index contributed by atoms with van der Waals surface area (Å²) in [6, 6.07) is 18.2. The number of carbonyl (C=O) groups excluding carboxylic acids is 2. The van der Waals surface area contributed by atoms with Gasteiger partial charge in [0.05, 0.1) is 13.2 Å². The fraction of sp³-hybridized carbons (Fsp3) is 0.417. The molecule has 4 rings (SSSR count). The summed E-state index contributed by atoms with van der Waals surface area (Å²) >= 11 is 5.71. The number of hydrogen-bond donors (Lipinski definition) is 1. The molecular formula is C24H26ClNO7. The molecule has 0 spiro atoms. The van der Waals surface area contributed by atoms with Crippen molar-refractivity contribution >= 4 is 23.5 Å². The summed E-state index contributed by atoms with van der Waals surface area (Å²) in [6.45, 7) is 1.80. The number of hydrogen-bond acceptors (Lipinski definition) is 7. The zero-order valence-corrected chi connectivity index (χ0v) is 18.9. The van der Waals surface area contributed by atoms with Crippen LogP contribution in [0.4, 0.5) is 0 Å². The Morgan fingerprint density at radius 2 is 1.76 bits per heavy atom. The fourth-order valence-corrected chi connectivity index (χ4v) is 4.02. The highest BCUT2D eigenvalue weighted by molar-refractivity contribution is 6.26. The van der Waals surface area contributed by atoms with Crippen molar-refractivity contribution in [1.29, 1.82) is 0 Å². The molecule has 8 nitrogen and oxygen atoms in total. The standard InChI is InChI=1S/C24H26ClNO7/c1-15(27)26-20-22(32-19(28)12-25)21-18(14-30-23(33-21)17-10-6-3-7-11-17)31-24(20)29-13-16-8-4-2-5-9-16/h2-11,18,20-24H,12-14H2,1H3,(H,26,27)/t18-,20+,21-,22-,23+,24-/m1/s1. The van der Waals surface area contributed by atoms with Crippen LogP contribution in [0.15, 0.2) is 60.7 Å². The van der Waals surface area contributed by atoms with Crippen LogP contribution in [0.2, 0.25) is 0 Å². The van der Waals surface area contributed by atoms with E-state index >= 15 is 0 Å². The average molecular weight is 476 g/mol. The van der Waals surface area contributed by atoms with Crippen molar-refractivity contribution in [3.63, 3.8) is 0 Å². The van der Waals surface area contributed by atoms with Crippen LogP contribution in [-0.2, 0) is 39.9 Å². The molecule has 176 valence electrons. The van der Waals surface area contributed by atoms with Gasteiger partial charge < -0.3 is 29.0 Å². The van der Waals surface area contributed by atoms with Gasteiger partial charge in [-0.2, -0.15) is 0 Å². The number of nitrogens with one attached hydrogen (secondary N) is 1. The highest BCUT2D eigenvalue weighted by Crippen LogP contribution is 2.36. The molecule has 2 aromatic rings. The number of ether oxygens (including phenoxy) is 5. The minimum absolute atomic E-state index is 0.192. The highest BCUT2D eigenvalue weighted by atomic mass is 35.5. The first-order valence-corrected chi connectivity index (χ1v) is 11.2. The van der Waals surface area contributed by atoms with Crippen LogP contribution in [0.25, 0.3) is 0 Å². The Morgan fingerprint density at radius 1 is 1.06 bits per heavy atom. The van der Waals surface area contributed by atoms with Gasteiger partial charge in [-0.25, -0.2) is 0 Å². The van der Waals surface area contributed by atoms with E-state index in [-0.39, 0.29) is 25.0 Å². The lowest BCUT2D eigenvalue weighted by Gasteiger charge is -2.48. The summed E-state index contributed by atoms with van der Waals surface area (Å²) < 4.78 is 29.9.